The maximum atomic E-state index is 12.7. The number of sulfonamides is 1. The lowest BCUT2D eigenvalue weighted by molar-refractivity contribution is 0.0469. The summed E-state index contributed by atoms with van der Waals surface area (Å²) in [4.78, 5) is 28.9. The summed E-state index contributed by atoms with van der Waals surface area (Å²) in [5.74, 6) is -1.04. The molecular weight excluding hydrogens is 442 g/mol. The van der Waals surface area contributed by atoms with Gasteiger partial charge < -0.3 is 14.0 Å². The molecule has 0 atom stereocenters. The molecule has 0 saturated carbocycles. The van der Waals surface area contributed by atoms with Crippen molar-refractivity contribution in [1.82, 2.24) is 9.55 Å². The van der Waals surface area contributed by atoms with Crippen LogP contribution in [0.15, 0.2) is 40.6 Å². The first kappa shape index (κ1) is 22.8. The van der Waals surface area contributed by atoms with Crippen molar-refractivity contribution in [1.29, 1.82) is 0 Å². The highest BCUT2D eigenvalue weighted by Gasteiger charge is 2.20. The van der Waals surface area contributed by atoms with Gasteiger partial charge >= 0.3 is 5.97 Å². The van der Waals surface area contributed by atoms with Crippen molar-refractivity contribution in [2.24, 2.45) is 5.14 Å². The minimum atomic E-state index is -3.79. The van der Waals surface area contributed by atoms with Crippen molar-refractivity contribution in [3.05, 3.63) is 63.4 Å². The molecule has 3 rings (SSSR count). The highest BCUT2D eigenvalue weighted by Crippen LogP contribution is 2.22. The van der Waals surface area contributed by atoms with Crippen LogP contribution < -0.4 is 5.14 Å². The first-order valence-corrected chi connectivity index (χ1v) is 11.5. The lowest BCUT2D eigenvalue weighted by Gasteiger charge is -2.10. The average molecular weight is 464 g/mol. The third-order valence-corrected chi connectivity index (χ3v) is 6.27. The Morgan fingerprint density at radius 2 is 1.87 bits per heavy atom. The number of thiazole rings is 1. The Bertz CT molecular complexity index is 1230. The molecule has 164 valence electrons. The number of hydrogen-bond donors (Lipinski definition) is 1. The number of nitrogens with two attached hydrogens (primary N) is 1. The lowest BCUT2D eigenvalue weighted by atomic mass is 10.1. The van der Waals surface area contributed by atoms with Crippen molar-refractivity contribution in [3.8, 4) is 5.69 Å². The van der Waals surface area contributed by atoms with Crippen molar-refractivity contribution in [3.63, 3.8) is 0 Å². The zero-order valence-electron chi connectivity index (χ0n) is 17.1. The van der Waals surface area contributed by atoms with Crippen LogP contribution in [0.2, 0.25) is 0 Å². The van der Waals surface area contributed by atoms with E-state index in [-0.39, 0.29) is 16.4 Å². The standard InChI is InChI=1S/C20H21N3O6S2/c1-12-8-16(13(2)23(12)14-4-6-15(7-5-14)31(21,26)27)18(24)9-29-20(25)17-11-30-19(22-17)10-28-3/h4-8,11H,9-10H2,1-3H3,(H2,21,26,27). The largest absolute Gasteiger partial charge is 0.453 e. The highest BCUT2D eigenvalue weighted by atomic mass is 32.2. The Hall–Kier alpha value is -2.86. The number of nitrogens with zero attached hydrogens (tertiary/aromatic N) is 2. The van der Waals surface area contributed by atoms with Gasteiger partial charge in [0.1, 0.15) is 5.01 Å². The molecule has 0 aliphatic heterocycles. The van der Waals surface area contributed by atoms with E-state index < -0.39 is 22.6 Å². The van der Waals surface area contributed by atoms with Gasteiger partial charge in [0.25, 0.3) is 0 Å². The molecule has 0 aliphatic rings. The Kier molecular flexibility index (Phi) is 6.70. The van der Waals surface area contributed by atoms with Gasteiger partial charge in [-0.25, -0.2) is 23.3 Å². The summed E-state index contributed by atoms with van der Waals surface area (Å²) >= 11 is 1.27. The van der Waals surface area contributed by atoms with E-state index in [2.05, 4.69) is 4.98 Å². The number of benzene rings is 1. The van der Waals surface area contributed by atoms with E-state index in [1.165, 1.54) is 30.6 Å². The molecule has 2 aromatic heterocycles. The quantitative estimate of drug-likeness (QED) is 0.401. The average Bonchev–Trinajstić information content (AvgIpc) is 3.30. The molecule has 0 bridgehead atoms. The van der Waals surface area contributed by atoms with Gasteiger partial charge in [-0.3, -0.25) is 4.79 Å². The van der Waals surface area contributed by atoms with Crippen molar-refractivity contribution in [2.45, 2.75) is 25.3 Å². The zero-order valence-corrected chi connectivity index (χ0v) is 18.7. The van der Waals surface area contributed by atoms with Gasteiger partial charge in [-0.15, -0.1) is 11.3 Å². The summed E-state index contributed by atoms with van der Waals surface area (Å²) in [5, 5.41) is 7.33. The fourth-order valence-corrected chi connectivity index (χ4v) is 4.35. The SMILES string of the molecule is COCc1nc(C(=O)OCC(=O)c2cc(C)n(-c3ccc(S(N)(=O)=O)cc3)c2C)cs1. The smallest absolute Gasteiger partial charge is 0.358 e. The number of primary sulfonamides is 1. The number of hydrogen-bond acceptors (Lipinski definition) is 8. The van der Waals surface area contributed by atoms with Gasteiger partial charge in [-0.2, -0.15) is 0 Å². The molecular formula is C20H21N3O6S2. The number of aromatic nitrogens is 2. The van der Waals surface area contributed by atoms with Gasteiger partial charge in [-0.1, -0.05) is 0 Å². The maximum Gasteiger partial charge on any atom is 0.358 e. The molecule has 0 radical (unpaired) electrons. The Balaban J connectivity index is 1.74. The molecule has 11 heteroatoms. The molecule has 9 nitrogen and oxygen atoms in total. The predicted octanol–water partition coefficient (Wildman–Crippen LogP) is 2.38. The number of ketones is 1. The van der Waals surface area contributed by atoms with Crippen LogP contribution in [0, 0.1) is 13.8 Å². The van der Waals surface area contributed by atoms with E-state index >= 15 is 0 Å². The van der Waals surface area contributed by atoms with E-state index in [4.69, 9.17) is 14.6 Å². The van der Waals surface area contributed by atoms with Crippen LogP contribution >= 0.6 is 11.3 Å². The minimum Gasteiger partial charge on any atom is -0.453 e. The molecule has 2 heterocycles. The maximum absolute atomic E-state index is 12.7. The van der Waals surface area contributed by atoms with Crippen LogP contribution in [0.5, 0.6) is 0 Å². The fraction of sp³-hybridized carbons (Fsp3) is 0.250. The first-order chi connectivity index (χ1) is 14.6. The van der Waals surface area contributed by atoms with Gasteiger partial charge in [0.2, 0.25) is 15.8 Å². The third-order valence-electron chi connectivity index (χ3n) is 4.52. The number of aryl methyl sites for hydroxylation is 1. The van der Waals surface area contributed by atoms with Crippen LogP contribution in [0.1, 0.15) is 37.2 Å². The number of ether oxygens (including phenoxy) is 2. The second-order valence-electron chi connectivity index (χ2n) is 6.72. The summed E-state index contributed by atoms with van der Waals surface area (Å²) in [5.41, 5.74) is 2.60. The molecule has 0 saturated heterocycles. The van der Waals surface area contributed by atoms with Crippen LogP contribution in [0.4, 0.5) is 0 Å². The molecule has 0 aliphatic carbocycles. The number of carbonyl (C=O) groups excluding carboxylic acids is 2. The number of methoxy groups -OCH3 is 1. The van der Waals surface area contributed by atoms with Crippen molar-refractivity contribution >= 4 is 33.1 Å². The van der Waals surface area contributed by atoms with Crippen LogP contribution in [0.3, 0.4) is 0 Å². The van der Waals surface area contributed by atoms with Gasteiger partial charge in [0.05, 0.1) is 11.5 Å². The second-order valence-corrected chi connectivity index (χ2v) is 9.22. The monoisotopic (exact) mass is 463 g/mol. The summed E-state index contributed by atoms with van der Waals surface area (Å²) in [6.07, 6.45) is 0. The van der Waals surface area contributed by atoms with Crippen LogP contribution in [-0.2, 0) is 26.1 Å². The molecule has 0 unspecified atom stereocenters. The Morgan fingerprint density at radius 3 is 2.48 bits per heavy atom. The summed E-state index contributed by atoms with van der Waals surface area (Å²) in [6, 6.07) is 7.71. The van der Waals surface area contributed by atoms with Gasteiger partial charge in [0.15, 0.2) is 12.3 Å². The molecule has 3 aromatic rings. The van der Waals surface area contributed by atoms with Gasteiger partial charge in [-0.05, 0) is 44.2 Å². The van der Waals surface area contributed by atoms with E-state index in [1.54, 1.807) is 35.1 Å². The number of esters is 1. The van der Waals surface area contributed by atoms with Crippen molar-refractivity contribution in [2.75, 3.05) is 13.7 Å². The topological polar surface area (TPSA) is 131 Å². The second kappa shape index (κ2) is 9.10. The number of Topliss-reactive ketones (excluding diaryl/α,β-unsaturated/α-hetero) is 1. The van der Waals surface area contributed by atoms with E-state index in [0.717, 1.165) is 5.69 Å². The summed E-state index contributed by atoms with van der Waals surface area (Å²) in [6.45, 7) is 3.44. The first-order valence-electron chi connectivity index (χ1n) is 9.07. The van der Waals surface area contributed by atoms with Crippen LogP contribution in [-0.4, -0.2) is 43.4 Å². The molecule has 31 heavy (non-hydrogen) atoms. The lowest BCUT2D eigenvalue weighted by Crippen LogP contribution is -2.15. The zero-order chi connectivity index (χ0) is 22.8. The molecule has 0 amide bonds. The van der Waals surface area contributed by atoms with E-state index in [9.17, 15) is 18.0 Å². The third kappa shape index (κ3) is 5.07. The van der Waals surface area contributed by atoms with E-state index in [1.807, 2.05) is 6.92 Å². The highest BCUT2D eigenvalue weighted by molar-refractivity contribution is 7.89. The molecule has 1 aromatic carbocycles. The number of carbonyl (C=O) groups is 2. The molecule has 0 spiro atoms. The van der Waals surface area contributed by atoms with Crippen molar-refractivity contribution < 1.29 is 27.5 Å². The summed E-state index contributed by atoms with van der Waals surface area (Å²) < 4.78 is 34.8. The Morgan fingerprint density at radius 1 is 1.19 bits per heavy atom. The van der Waals surface area contributed by atoms with Gasteiger partial charge in [0, 0.05) is 35.1 Å². The normalized spacial score (nSPS) is 11.5. The Labute approximate surface area is 183 Å². The fourth-order valence-electron chi connectivity index (χ4n) is 3.10. The summed E-state index contributed by atoms with van der Waals surface area (Å²) in [7, 11) is -2.26. The molecule has 0 fully saturated rings. The van der Waals surface area contributed by atoms with E-state index in [0.29, 0.717) is 28.6 Å². The molecule has 2 N–H and O–H groups in total. The number of rotatable bonds is 8. The van der Waals surface area contributed by atoms with Crippen LogP contribution in [0.25, 0.3) is 5.69 Å². The minimum absolute atomic E-state index is 0.00220. The predicted molar refractivity (Wildman–Crippen MR) is 114 cm³/mol.